The van der Waals surface area contributed by atoms with E-state index in [0.717, 1.165) is 30.6 Å². The summed E-state index contributed by atoms with van der Waals surface area (Å²) in [6, 6.07) is 0. The molecule has 0 aliphatic rings. The molecule has 108 valence electrons. The van der Waals surface area contributed by atoms with Crippen LogP contribution in [0.15, 0.2) is 6.33 Å². The van der Waals surface area contributed by atoms with Gasteiger partial charge in [0.05, 0.1) is 6.10 Å². The van der Waals surface area contributed by atoms with Crippen LogP contribution in [0.2, 0.25) is 5.15 Å². The van der Waals surface area contributed by atoms with Crippen molar-refractivity contribution in [3.63, 3.8) is 0 Å². The van der Waals surface area contributed by atoms with Crippen molar-refractivity contribution in [2.45, 2.75) is 53.1 Å². The summed E-state index contributed by atoms with van der Waals surface area (Å²) >= 11 is 6.08. The molecule has 0 saturated heterocycles. The van der Waals surface area contributed by atoms with E-state index in [2.05, 4.69) is 43.0 Å². The summed E-state index contributed by atoms with van der Waals surface area (Å²) in [4.78, 5) is 8.21. The number of halogens is 1. The fraction of sp³-hybridized carbons (Fsp3) is 0.714. The van der Waals surface area contributed by atoms with Gasteiger partial charge in [0.25, 0.3) is 0 Å². The van der Waals surface area contributed by atoms with Crippen LogP contribution in [-0.4, -0.2) is 27.7 Å². The molecule has 0 saturated carbocycles. The Morgan fingerprint density at radius 3 is 2.63 bits per heavy atom. The minimum Gasteiger partial charge on any atom is -0.391 e. The molecule has 0 bridgehead atoms. The van der Waals surface area contributed by atoms with E-state index >= 15 is 0 Å². The van der Waals surface area contributed by atoms with Crippen molar-refractivity contribution < 1.29 is 5.11 Å². The van der Waals surface area contributed by atoms with Gasteiger partial charge < -0.3 is 10.4 Å². The molecular weight excluding hydrogens is 262 g/mol. The summed E-state index contributed by atoms with van der Waals surface area (Å²) in [5, 5.41) is 13.7. The van der Waals surface area contributed by atoms with Gasteiger partial charge in [0.15, 0.2) is 0 Å². The maximum Gasteiger partial charge on any atom is 0.137 e. The first-order valence-corrected chi connectivity index (χ1v) is 7.12. The lowest BCUT2D eigenvalue weighted by atomic mass is 9.89. The summed E-state index contributed by atoms with van der Waals surface area (Å²) in [5.74, 6) is 0.731. The molecule has 1 unspecified atom stereocenters. The lowest BCUT2D eigenvalue weighted by Gasteiger charge is -2.23. The average Bonchev–Trinajstić information content (AvgIpc) is 2.28. The van der Waals surface area contributed by atoms with Crippen LogP contribution in [0, 0.1) is 5.41 Å². The Morgan fingerprint density at radius 2 is 2.05 bits per heavy atom. The van der Waals surface area contributed by atoms with Gasteiger partial charge in [0.2, 0.25) is 0 Å². The van der Waals surface area contributed by atoms with Crippen LogP contribution >= 0.6 is 11.6 Å². The maximum absolute atomic E-state index is 10.00. The van der Waals surface area contributed by atoms with Gasteiger partial charge >= 0.3 is 0 Å². The molecule has 4 nitrogen and oxygen atoms in total. The van der Waals surface area contributed by atoms with Crippen LogP contribution < -0.4 is 5.32 Å². The highest BCUT2D eigenvalue weighted by molar-refractivity contribution is 6.30. The maximum atomic E-state index is 10.00. The molecule has 0 amide bonds. The molecule has 2 N–H and O–H groups in total. The number of nitrogens with zero attached hydrogens (tertiary/aromatic N) is 2. The molecule has 19 heavy (non-hydrogen) atoms. The van der Waals surface area contributed by atoms with Gasteiger partial charge in [-0.25, -0.2) is 9.97 Å². The van der Waals surface area contributed by atoms with Gasteiger partial charge in [-0.05, 0) is 18.3 Å². The Bertz CT molecular complexity index is 404. The van der Waals surface area contributed by atoms with E-state index in [1.54, 1.807) is 0 Å². The van der Waals surface area contributed by atoms with Gasteiger partial charge in [-0.3, -0.25) is 0 Å². The fourth-order valence-electron chi connectivity index (χ4n) is 2.01. The summed E-state index contributed by atoms with van der Waals surface area (Å²) in [7, 11) is 0. The Balaban J connectivity index is 2.65. The third kappa shape index (κ3) is 5.74. The lowest BCUT2D eigenvalue weighted by molar-refractivity contribution is 0.132. The Hall–Kier alpha value is -0.870. The third-order valence-corrected chi connectivity index (χ3v) is 3.07. The molecular formula is C14H24ClN3O. The van der Waals surface area contributed by atoms with E-state index < -0.39 is 6.10 Å². The van der Waals surface area contributed by atoms with Gasteiger partial charge in [-0.2, -0.15) is 0 Å². The Kier molecular flexibility index (Phi) is 6.01. The Morgan fingerprint density at radius 1 is 1.37 bits per heavy atom. The predicted molar refractivity (Wildman–Crippen MR) is 79.6 cm³/mol. The van der Waals surface area contributed by atoms with E-state index in [0.29, 0.717) is 11.7 Å². The lowest BCUT2D eigenvalue weighted by Crippen LogP contribution is -2.25. The van der Waals surface area contributed by atoms with E-state index in [9.17, 15) is 5.11 Å². The summed E-state index contributed by atoms with van der Waals surface area (Å²) in [6.45, 7) is 8.89. The van der Waals surface area contributed by atoms with Crippen molar-refractivity contribution in [1.82, 2.24) is 9.97 Å². The number of aliphatic hydroxyl groups is 1. The normalized spacial score (nSPS) is 13.4. The highest BCUT2D eigenvalue weighted by Gasteiger charge is 2.17. The molecule has 1 aromatic heterocycles. The van der Waals surface area contributed by atoms with Crippen LogP contribution in [0.3, 0.4) is 0 Å². The molecule has 0 radical (unpaired) electrons. The fourth-order valence-corrected chi connectivity index (χ4v) is 2.24. The van der Waals surface area contributed by atoms with Crippen molar-refractivity contribution in [2.24, 2.45) is 5.41 Å². The SMILES string of the molecule is CCCc1c(Cl)ncnc1NCC(O)CC(C)(C)C. The number of aromatic nitrogens is 2. The van der Waals surface area contributed by atoms with Gasteiger partial charge in [0.1, 0.15) is 17.3 Å². The van der Waals surface area contributed by atoms with E-state index in [1.807, 2.05) is 0 Å². The first-order chi connectivity index (χ1) is 8.83. The smallest absolute Gasteiger partial charge is 0.137 e. The van der Waals surface area contributed by atoms with Crippen LogP contribution in [-0.2, 0) is 6.42 Å². The minimum absolute atomic E-state index is 0.108. The number of hydrogen-bond donors (Lipinski definition) is 2. The van der Waals surface area contributed by atoms with Crippen molar-refractivity contribution in [3.8, 4) is 0 Å². The summed E-state index contributed by atoms with van der Waals surface area (Å²) < 4.78 is 0. The molecule has 0 aliphatic heterocycles. The van der Waals surface area contributed by atoms with E-state index in [4.69, 9.17) is 11.6 Å². The van der Waals surface area contributed by atoms with Crippen LogP contribution in [0.4, 0.5) is 5.82 Å². The topological polar surface area (TPSA) is 58.0 Å². The van der Waals surface area contributed by atoms with Gasteiger partial charge in [0, 0.05) is 12.1 Å². The molecule has 1 aromatic rings. The number of rotatable bonds is 6. The molecule has 1 heterocycles. The molecule has 0 spiro atoms. The zero-order chi connectivity index (χ0) is 14.5. The van der Waals surface area contributed by atoms with Gasteiger partial charge in [-0.1, -0.05) is 45.7 Å². The van der Waals surface area contributed by atoms with Crippen LogP contribution in [0.5, 0.6) is 0 Å². The first kappa shape index (κ1) is 16.2. The quantitative estimate of drug-likeness (QED) is 0.788. The number of aliphatic hydroxyl groups excluding tert-OH is 1. The number of nitrogens with one attached hydrogen (secondary N) is 1. The second-order valence-electron chi connectivity index (χ2n) is 6.04. The molecule has 0 aromatic carbocycles. The molecule has 1 rings (SSSR count). The predicted octanol–water partition coefficient (Wildman–Crippen LogP) is 3.29. The minimum atomic E-state index is -0.400. The van der Waals surface area contributed by atoms with Gasteiger partial charge in [-0.15, -0.1) is 0 Å². The van der Waals surface area contributed by atoms with E-state index in [-0.39, 0.29) is 5.41 Å². The van der Waals surface area contributed by atoms with E-state index in [1.165, 1.54) is 6.33 Å². The molecule has 5 heteroatoms. The zero-order valence-corrected chi connectivity index (χ0v) is 13.0. The first-order valence-electron chi connectivity index (χ1n) is 6.75. The second kappa shape index (κ2) is 7.06. The molecule has 0 fully saturated rings. The molecule has 0 aliphatic carbocycles. The standard InChI is InChI=1S/C14H24ClN3O/c1-5-6-11-12(15)17-9-18-13(11)16-8-10(19)7-14(2,3)4/h9-10,19H,5-8H2,1-4H3,(H,16,17,18). The van der Waals surface area contributed by atoms with Crippen molar-refractivity contribution in [3.05, 3.63) is 17.0 Å². The Labute approximate surface area is 120 Å². The summed E-state index contributed by atoms with van der Waals surface area (Å²) in [5.41, 5.74) is 1.03. The van der Waals surface area contributed by atoms with Crippen LogP contribution in [0.25, 0.3) is 0 Å². The van der Waals surface area contributed by atoms with Crippen molar-refractivity contribution >= 4 is 17.4 Å². The van der Waals surface area contributed by atoms with Crippen molar-refractivity contribution in [2.75, 3.05) is 11.9 Å². The molecule has 1 atom stereocenters. The third-order valence-electron chi connectivity index (χ3n) is 2.75. The highest BCUT2D eigenvalue weighted by atomic mass is 35.5. The zero-order valence-electron chi connectivity index (χ0n) is 12.2. The number of anilines is 1. The monoisotopic (exact) mass is 285 g/mol. The van der Waals surface area contributed by atoms with Crippen LogP contribution in [0.1, 0.15) is 46.1 Å². The number of hydrogen-bond acceptors (Lipinski definition) is 4. The highest BCUT2D eigenvalue weighted by Crippen LogP contribution is 2.23. The largest absolute Gasteiger partial charge is 0.391 e. The van der Waals surface area contributed by atoms with Crippen molar-refractivity contribution in [1.29, 1.82) is 0 Å². The summed E-state index contributed by atoms with van der Waals surface area (Å²) in [6.07, 6.45) is 3.59. The second-order valence-corrected chi connectivity index (χ2v) is 6.40. The average molecular weight is 286 g/mol.